The number of nitrogens with zero attached hydrogens (tertiary/aromatic N) is 2. The van der Waals surface area contributed by atoms with E-state index in [1.807, 2.05) is 30.3 Å². The van der Waals surface area contributed by atoms with Gasteiger partial charge in [0, 0.05) is 24.9 Å². The van der Waals surface area contributed by atoms with Crippen LogP contribution in [0.5, 0.6) is 0 Å². The van der Waals surface area contributed by atoms with E-state index in [0.29, 0.717) is 25.1 Å². The van der Waals surface area contributed by atoms with Crippen LogP contribution in [0.2, 0.25) is 0 Å². The molecule has 0 bridgehead atoms. The number of benzene rings is 1. The van der Waals surface area contributed by atoms with Crippen LogP contribution < -0.4 is 16.4 Å². The van der Waals surface area contributed by atoms with Crippen LogP contribution in [-0.4, -0.2) is 63.9 Å². The van der Waals surface area contributed by atoms with Crippen LogP contribution >= 0.6 is 0 Å². The molecule has 3 rings (SSSR count). The van der Waals surface area contributed by atoms with Crippen LogP contribution in [0.3, 0.4) is 0 Å². The maximum atomic E-state index is 13.0. The molecule has 32 heavy (non-hydrogen) atoms. The van der Waals surface area contributed by atoms with Crippen LogP contribution in [0.4, 0.5) is 4.79 Å². The minimum atomic E-state index is -0.981. The molecule has 0 saturated carbocycles. The fourth-order valence-corrected chi connectivity index (χ4v) is 3.45. The van der Waals surface area contributed by atoms with E-state index in [9.17, 15) is 19.2 Å². The van der Waals surface area contributed by atoms with Gasteiger partial charge in [-0.05, 0) is 18.4 Å². The van der Waals surface area contributed by atoms with E-state index < -0.39 is 35.9 Å². The number of H-pyrrole nitrogens is 1. The molecule has 0 unspecified atom stereocenters. The van der Waals surface area contributed by atoms with Crippen molar-refractivity contribution in [2.45, 2.75) is 38.0 Å². The summed E-state index contributed by atoms with van der Waals surface area (Å²) in [5.41, 5.74) is 6.54. The smallest absolute Gasteiger partial charge is 0.410 e. The lowest BCUT2D eigenvalue weighted by molar-refractivity contribution is -0.131. The number of carbonyl (C=O) groups excluding carboxylic acids is 4. The first-order valence-corrected chi connectivity index (χ1v) is 10.2. The summed E-state index contributed by atoms with van der Waals surface area (Å²) in [6.07, 6.45) is 3.61. The number of amides is 4. The molecule has 1 aromatic heterocycles. The van der Waals surface area contributed by atoms with Crippen LogP contribution in [0, 0.1) is 0 Å². The van der Waals surface area contributed by atoms with Crippen LogP contribution in [0.15, 0.2) is 42.9 Å². The van der Waals surface area contributed by atoms with Gasteiger partial charge in [-0.25, -0.2) is 9.78 Å². The molecular formula is C21H26N6O5. The fourth-order valence-electron chi connectivity index (χ4n) is 3.45. The van der Waals surface area contributed by atoms with Crippen molar-refractivity contribution < 1.29 is 23.9 Å². The van der Waals surface area contributed by atoms with Gasteiger partial charge in [-0.15, -0.1) is 0 Å². The Labute approximate surface area is 184 Å². The van der Waals surface area contributed by atoms with Crippen molar-refractivity contribution in [3.8, 4) is 0 Å². The Morgan fingerprint density at radius 3 is 2.72 bits per heavy atom. The number of primary amides is 1. The Morgan fingerprint density at radius 1 is 1.25 bits per heavy atom. The Kier molecular flexibility index (Phi) is 7.79. The average molecular weight is 442 g/mol. The molecule has 1 saturated heterocycles. The van der Waals surface area contributed by atoms with Gasteiger partial charge in [0.25, 0.3) is 0 Å². The van der Waals surface area contributed by atoms with Crippen molar-refractivity contribution >= 4 is 23.8 Å². The monoisotopic (exact) mass is 442 g/mol. The van der Waals surface area contributed by atoms with Gasteiger partial charge in [-0.1, -0.05) is 30.3 Å². The number of hydrogen-bond acceptors (Lipinski definition) is 6. The summed E-state index contributed by atoms with van der Waals surface area (Å²) in [6.45, 7) is 0.128. The van der Waals surface area contributed by atoms with Crippen molar-refractivity contribution in [2.75, 3.05) is 13.1 Å². The number of nitrogens with one attached hydrogen (secondary N) is 3. The summed E-state index contributed by atoms with van der Waals surface area (Å²) in [5.74, 6) is -1.74. The number of rotatable bonds is 9. The molecule has 2 heterocycles. The molecule has 2 aromatic rings. The molecule has 1 aromatic carbocycles. The second kappa shape index (κ2) is 10.9. The topological polar surface area (TPSA) is 160 Å². The van der Waals surface area contributed by atoms with E-state index in [1.165, 1.54) is 17.4 Å². The van der Waals surface area contributed by atoms with E-state index in [4.69, 9.17) is 10.5 Å². The second-order valence-corrected chi connectivity index (χ2v) is 7.42. The average Bonchev–Trinajstić information content (AvgIpc) is 3.48. The number of aromatic nitrogens is 2. The lowest BCUT2D eigenvalue weighted by atomic mass is 10.1. The number of aromatic amines is 1. The molecule has 0 spiro atoms. The number of carbonyl (C=O) groups is 4. The Balaban J connectivity index is 1.62. The van der Waals surface area contributed by atoms with Gasteiger partial charge in [0.1, 0.15) is 18.7 Å². The predicted octanol–water partition coefficient (Wildman–Crippen LogP) is -0.160. The number of hydrogen-bond donors (Lipinski definition) is 4. The van der Waals surface area contributed by atoms with Crippen molar-refractivity contribution in [2.24, 2.45) is 5.73 Å². The molecule has 1 aliphatic heterocycles. The molecule has 2 atom stereocenters. The third kappa shape index (κ3) is 6.30. The third-order valence-corrected chi connectivity index (χ3v) is 5.04. The molecule has 1 aliphatic rings. The zero-order chi connectivity index (χ0) is 22.9. The first-order chi connectivity index (χ1) is 15.4. The van der Waals surface area contributed by atoms with E-state index in [2.05, 4.69) is 20.6 Å². The van der Waals surface area contributed by atoms with Crippen molar-refractivity contribution in [1.82, 2.24) is 25.5 Å². The normalized spacial score (nSPS) is 16.2. The van der Waals surface area contributed by atoms with E-state index in [-0.39, 0.29) is 19.6 Å². The molecular weight excluding hydrogens is 416 g/mol. The SMILES string of the molecule is NC(=O)CNC(=O)[C@H](Cc1cnc[nH]1)NC(=O)[C@@H]1CCCN1C(=O)OCc1ccccc1. The zero-order valence-electron chi connectivity index (χ0n) is 17.5. The molecule has 11 nitrogen and oxygen atoms in total. The maximum absolute atomic E-state index is 13.0. The molecule has 4 amide bonds. The Bertz CT molecular complexity index is 933. The predicted molar refractivity (Wildman–Crippen MR) is 113 cm³/mol. The molecule has 11 heteroatoms. The van der Waals surface area contributed by atoms with Crippen LogP contribution in [-0.2, 0) is 32.1 Å². The summed E-state index contributed by atoms with van der Waals surface area (Å²) in [5, 5.41) is 5.07. The minimum absolute atomic E-state index is 0.0997. The van der Waals surface area contributed by atoms with Gasteiger partial charge in [-0.3, -0.25) is 19.3 Å². The summed E-state index contributed by atoms with van der Waals surface area (Å²) in [6, 6.07) is 7.50. The first-order valence-electron chi connectivity index (χ1n) is 10.2. The summed E-state index contributed by atoms with van der Waals surface area (Å²) in [7, 11) is 0. The van der Waals surface area contributed by atoms with E-state index in [0.717, 1.165) is 5.56 Å². The van der Waals surface area contributed by atoms with E-state index >= 15 is 0 Å². The summed E-state index contributed by atoms with van der Waals surface area (Å²) in [4.78, 5) is 57.2. The Morgan fingerprint density at radius 2 is 2.03 bits per heavy atom. The highest BCUT2D eigenvalue weighted by atomic mass is 16.6. The maximum Gasteiger partial charge on any atom is 0.410 e. The van der Waals surface area contributed by atoms with Gasteiger partial charge in [0.05, 0.1) is 12.9 Å². The summed E-state index contributed by atoms with van der Waals surface area (Å²) >= 11 is 0. The Hall–Kier alpha value is -3.89. The largest absolute Gasteiger partial charge is 0.445 e. The van der Waals surface area contributed by atoms with Gasteiger partial charge < -0.3 is 26.1 Å². The minimum Gasteiger partial charge on any atom is -0.445 e. The number of likely N-dealkylation sites (tertiary alicyclic amines) is 1. The van der Waals surface area contributed by atoms with Gasteiger partial charge in [0.2, 0.25) is 17.7 Å². The third-order valence-electron chi connectivity index (χ3n) is 5.04. The number of nitrogens with two attached hydrogens (primary N) is 1. The lowest BCUT2D eigenvalue weighted by Gasteiger charge is -2.25. The molecule has 5 N–H and O–H groups in total. The van der Waals surface area contributed by atoms with Crippen LogP contribution in [0.1, 0.15) is 24.1 Å². The number of imidazole rings is 1. The van der Waals surface area contributed by atoms with Gasteiger partial charge >= 0.3 is 6.09 Å². The highest BCUT2D eigenvalue weighted by Gasteiger charge is 2.37. The molecule has 0 radical (unpaired) electrons. The molecule has 170 valence electrons. The standard InChI is InChI=1S/C21H26N6O5/c22-18(28)11-24-19(29)16(9-15-10-23-13-25-15)26-20(30)17-7-4-8-27(17)21(31)32-12-14-5-2-1-3-6-14/h1-3,5-6,10,13,16-17H,4,7-9,11-12H2,(H2,22,28)(H,23,25)(H,24,29)(H,26,30)/t16-,17-/m0/s1. The quantitative estimate of drug-likeness (QED) is 0.422. The molecule has 0 aliphatic carbocycles. The van der Waals surface area contributed by atoms with E-state index in [1.54, 1.807) is 0 Å². The number of ether oxygens (including phenoxy) is 1. The zero-order valence-corrected chi connectivity index (χ0v) is 17.5. The highest BCUT2D eigenvalue weighted by molar-refractivity contribution is 5.93. The summed E-state index contributed by atoms with van der Waals surface area (Å²) < 4.78 is 5.36. The van der Waals surface area contributed by atoms with Gasteiger partial charge in [0.15, 0.2) is 0 Å². The van der Waals surface area contributed by atoms with Crippen molar-refractivity contribution in [3.05, 3.63) is 54.1 Å². The van der Waals surface area contributed by atoms with Crippen LogP contribution in [0.25, 0.3) is 0 Å². The molecule has 1 fully saturated rings. The fraction of sp³-hybridized carbons (Fsp3) is 0.381. The first kappa shape index (κ1) is 22.8. The highest BCUT2D eigenvalue weighted by Crippen LogP contribution is 2.19. The van der Waals surface area contributed by atoms with Crippen molar-refractivity contribution in [3.63, 3.8) is 0 Å². The lowest BCUT2D eigenvalue weighted by Crippen LogP contribution is -2.54. The van der Waals surface area contributed by atoms with Crippen molar-refractivity contribution in [1.29, 1.82) is 0 Å². The van der Waals surface area contributed by atoms with Gasteiger partial charge in [-0.2, -0.15) is 0 Å². The second-order valence-electron chi connectivity index (χ2n) is 7.42.